The number of ether oxygens (including phenoxy) is 2. The van der Waals surface area contributed by atoms with E-state index in [1.807, 2.05) is 55.5 Å². The van der Waals surface area contributed by atoms with Crippen LogP contribution in [0.3, 0.4) is 0 Å². The lowest BCUT2D eigenvalue weighted by Gasteiger charge is -2.13. The molecular formula is C16H17NO2S. The molecular weight excluding hydrogens is 270 g/mol. The van der Waals surface area contributed by atoms with Crippen molar-refractivity contribution in [3.05, 3.63) is 59.7 Å². The summed E-state index contributed by atoms with van der Waals surface area (Å²) in [5.41, 5.74) is 7.51. The van der Waals surface area contributed by atoms with Gasteiger partial charge in [0.1, 0.15) is 11.6 Å². The van der Waals surface area contributed by atoms with Crippen molar-refractivity contribution in [2.75, 3.05) is 6.61 Å². The van der Waals surface area contributed by atoms with E-state index in [1.54, 1.807) is 0 Å². The first kappa shape index (κ1) is 14.3. The molecule has 0 spiro atoms. The van der Waals surface area contributed by atoms with Gasteiger partial charge in [0.15, 0.2) is 11.5 Å². The van der Waals surface area contributed by atoms with E-state index < -0.39 is 0 Å². The normalized spacial score (nSPS) is 10.1. The minimum absolute atomic E-state index is 0.348. The third kappa shape index (κ3) is 3.71. The number of rotatable bonds is 6. The van der Waals surface area contributed by atoms with Gasteiger partial charge < -0.3 is 15.2 Å². The monoisotopic (exact) mass is 287 g/mol. The Labute approximate surface area is 124 Å². The van der Waals surface area contributed by atoms with Crippen LogP contribution in [-0.4, -0.2) is 11.6 Å². The van der Waals surface area contributed by atoms with Gasteiger partial charge in [-0.05, 0) is 30.7 Å². The van der Waals surface area contributed by atoms with Crippen LogP contribution < -0.4 is 15.2 Å². The summed E-state index contributed by atoms with van der Waals surface area (Å²) in [6.07, 6.45) is 0. The number of thiocarbonyl (C=S) groups is 1. The molecule has 104 valence electrons. The molecule has 0 atom stereocenters. The zero-order valence-electron chi connectivity index (χ0n) is 11.3. The van der Waals surface area contributed by atoms with E-state index in [0.717, 1.165) is 11.1 Å². The molecule has 0 amide bonds. The van der Waals surface area contributed by atoms with Crippen molar-refractivity contribution in [1.29, 1.82) is 0 Å². The maximum Gasteiger partial charge on any atom is 0.161 e. The summed E-state index contributed by atoms with van der Waals surface area (Å²) >= 11 is 4.97. The van der Waals surface area contributed by atoms with E-state index in [2.05, 4.69) is 0 Å². The Morgan fingerprint density at radius 1 is 1.05 bits per heavy atom. The molecule has 0 aromatic heterocycles. The average Bonchev–Trinajstić information content (AvgIpc) is 2.47. The molecule has 0 fully saturated rings. The zero-order valence-corrected chi connectivity index (χ0v) is 12.2. The van der Waals surface area contributed by atoms with Crippen LogP contribution in [0.5, 0.6) is 11.5 Å². The Bertz CT molecular complexity index is 584. The summed E-state index contributed by atoms with van der Waals surface area (Å²) in [6, 6.07) is 15.5. The van der Waals surface area contributed by atoms with Crippen molar-refractivity contribution in [3.63, 3.8) is 0 Å². The minimum atomic E-state index is 0.348. The molecule has 4 heteroatoms. The molecule has 0 bridgehead atoms. The van der Waals surface area contributed by atoms with Gasteiger partial charge in [-0.25, -0.2) is 0 Å². The van der Waals surface area contributed by atoms with E-state index in [4.69, 9.17) is 27.4 Å². The molecule has 20 heavy (non-hydrogen) atoms. The van der Waals surface area contributed by atoms with Crippen LogP contribution in [-0.2, 0) is 6.61 Å². The Kier molecular flexibility index (Phi) is 4.96. The molecule has 2 N–H and O–H groups in total. The fraction of sp³-hybridized carbons (Fsp3) is 0.188. The van der Waals surface area contributed by atoms with Crippen molar-refractivity contribution in [1.82, 2.24) is 0 Å². The van der Waals surface area contributed by atoms with Crippen molar-refractivity contribution in [2.45, 2.75) is 13.5 Å². The van der Waals surface area contributed by atoms with Gasteiger partial charge in [0.2, 0.25) is 0 Å². The second-order valence-electron chi connectivity index (χ2n) is 4.23. The van der Waals surface area contributed by atoms with Crippen LogP contribution in [0.2, 0.25) is 0 Å². The number of benzene rings is 2. The van der Waals surface area contributed by atoms with Crippen LogP contribution in [0, 0.1) is 0 Å². The van der Waals surface area contributed by atoms with Crippen molar-refractivity contribution in [3.8, 4) is 11.5 Å². The molecule has 2 aromatic carbocycles. The quantitative estimate of drug-likeness (QED) is 0.828. The predicted octanol–water partition coefficient (Wildman–Crippen LogP) is 3.30. The SMILES string of the molecule is CCOc1cc(C(N)=S)ccc1OCc1ccccc1. The highest BCUT2D eigenvalue weighted by Crippen LogP contribution is 2.29. The molecule has 3 nitrogen and oxygen atoms in total. The third-order valence-corrected chi connectivity index (χ3v) is 3.00. The molecule has 0 saturated heterocycles. The van der Waals surface area contributed by atoms with Crippen LogP contribution in [0.25, 0.3) is 0 Å². The molecule has 0 aliphatic carbocycles. The van der Waals surface area contributed by atoms with Crippen molar-refractivity contribution >= 4 is 17.2 Å². The van der Waals surface area contributed by atoms with Crippen LogP contribution >= 0.6 is 12.2 Å². The van der Waals surface area contributed by atoms with E-state index in [9.17, 15) is 0 Å². The number of nitrogens with two attached hydrogens (primary N) is 1. The topological polar surface area (TPSA) is 44.5 Å². The zero-order chi connectivity index (χ0) is 14.4. The first-order valence-electron chi connectivity index (χ1n) is 6.44. The van der Waals surface area contributed by atoms with E-state index >= 15 is 0 Å². The Morgan fingerprint density at radius 2 is 1.80 bits per heavy atom. The molecule has 0 saturated carbocycles. The Morgan fingerprint density at radius 3 is 2.45 bits per heavy atom. The minimum Gasteiger partial charge on any atom is -0.490 e. The average molecular weight is 287 g/mol. The largest absolute Gasteiger partial charge is 0.490 e. The highest BCUT2D eigenvalue weighted by molar-refractivity contribution is 7.80. The fourth-order valence-electron chi connectivity index (χ4n) is 1.78. The lowest BCUT2D eigenvalue weighted by Crippen LogP contribution is -2.10. The molecule has 2 rings (SSSR count). The van der Waals surface area contributed by atoms with Gasteiger partial charge >= 0.3 is 0 Å². The fourth-order valence-corrected chi connectivity index (χ4v) is 1.91. The maximum atomic E-state index is 5.80. The van der Waals surface area contributed by atoms with Gasteiger partial charge in [-0.2, -0.15) is 0 Å². The van der Waals surface area contributed by atoms with Gasteiger partial charge in [-0.15, -0.1) is 0 Å². The van der Waals surface area contributed by atoms with E-state index in [-0.39, 0.29) is 0 Å². The lowest BCUT2D eigenvalue weighted by atomic mass is 10.2. The molecule has 0 radical (unpaired) electrons. The van der Waals surface area contributed by atoms with Crippen molar-refractivity contribution < 1.29 is 9.47 Å². The summed E-state index contributed by atoms with van der Waals surface area (Å²) in [5, 5.41) is 0. The standard InChI is InChI=1S/C16H17NO2S/c1-2-18-15-10-13(16(17)20)8-9-14(15)19-11-12-6-4-3-5-7-12/h3-10H,2,11H2,1H3,(H2,17,20). The Balaban J connectivity index is 2.16. The first-order chi connectivity index (χ1) is 9.70. The van der Waals surface area contributed by atoms with Gasteiger partial charge in [0.05, 0.1) is 6.61 Å². The molecule has 0 aliphatic heterocycles. The smallest absolute Gasteiger partial charge is 0.161 e. The summed E-state index contributed by atoms with van der Waals surface area (Å²) in [5.74, 6) is 1.35. The van der Waals surface area contributed by atoms with Gasteiger partial charge in [0, 0.05) is 5.56 Å². The van der Waals surface area contributed by atoms with Gasteiger partial charge in [-0.1, -0.05) is 42.5 Å². The first-order valence-corrected chi connectivity index (χ1v) is 6.85. The summed E-state index contributed by atoms with van der Waals surface area (Å²) in [7, 11) is 0. The molecule has 0 aliphatic rings. The van der Waals surface area contributed by atoms with Crippen LogP contribution in [0.1, 0.15) is 18.1 Å². The van der Waals surface area contributed by atoms with Crippen molar-refractivity contribution in [2.24, 2.45) is 5.73 Å². The maximum absolute atomic E-state index is 5.80. The van der Waals surface area contributed by atoms with E-state index in [0.29, 0.717) is 29.7 Å². The summed E-state index contributed by atoms with van der Waals surface area (Å²) in [6.45, 7) is 2.98. The van der Waals surface area contributed by atoms with Crippen LogP contribution in [0.15, 0.2) is 48.5 Å². The highest BCUT2D eigenvalue weighted by Gasteiger charge is 2.08. The van der Waals surface area contributed by atoms with Gasteiger partial charge in [0.25, 0.3) is 0 Å². The second kappa shape index (κ2) is 6.91. The lowest BCUT2D eigenvalue weighted by molar-refractivity contribution is 0.269. The van der Waals surface area contributed by atoms with Gasteiger partial charge in [-0.3, -0.25) is 0 Å². The summed E-state index contributed by atoms with van der Waals surface area (Å²) in [4.78, 5) is 0.348. The summed E-state index contributed by atoms with van der Waals surface area (Å²) < 4.78 is 11.4. The molecule has 0 unspecified atom stereocenters. The third-order valence-electron chi connectivity index (χ3n) is 2.77. The highest BCUT2D eigenvalue weighted by atomic mass is 32.1. The number of hydrogen-bond acceptors (Lipinski definition) is 3. The number of hydrogen-bond donors (Lipinski definition) is 1. The van der Waals surface area contributed by atoms with Crippen LogP contribution in [0.4, 0.5) is 0 Å². The van der Waals surface area contributed by atoms with E-state index in [1.165, 1.54) is 0 Å². The predicted molar refractivity (Wildman–Crippen MR) is 84.3 cm³/mol. The molecule has 0 heterocycles. The molecule has 2 aromatic rings. The Hall–Kier alpha value is -2.07. The second-order valence-corrected chi connectivity index (χ2v) is 4.67.